The van der Waals surface area contributed by atoms with E-state index in [1.165, 1.54) is 22.4 Å². The van der Waals surface area contributed by atoms with E-state index in [0.717, 1.165) is 12.8 Å². The van der Waals surface area contributed by atoms with Gasteiger partial charge in [-0.25, -0.2) is 9.07 Å². The summed E-state index contributed by atoms with van der Waals surface area (Å²) in [4.78, 5) is 14.5. The Morgan fingerprint density at radius 3 is 2.54 bits per heavy atom. The normalized spacial score (nSPS) is 15.4. The molecule has 1 saturated heterocycles. The van der Waals surface area contributed by atoms with Crippen LogP contribution in [-0.4, -0.2) is 48.7 Å². The lowest BCUT2D eigenvalue weighted by Gasteiger charge is -2.31. The number of piperidine rings is 1. The molecular formula is C18H19FN6O. The Bertz CT molecular complexity index is 908. The predicted molar refractivity (Wildman–Crippen MR) is 92.4 cm³/mol. The Labute approximate surface area is 150 Å². The first kappa shape index (κ1) is 16.4. The summed E-state index contributed by atoms with van der Waals surface area (Å²) in [6.07, 6.45) is 7.34. The van der Waals surface area contributed by atoms with E-state index in [-0.39, 0.29) is 11.7 Å². The van der Waals surface area contributed by atoms with Crippen molar-refractivity contribution < 1.29 is 9.18 Å². The first-order valence-corrected chi connectivity index (χ1v) is 8.56. The second-order valence-corrected chi connectivity index (χ2v) is 6.54. The molecule has 0 radical (unpaired) electrons. The van der Waals surface area contributed by atoms with Crippen LogP contribution in [0.4, 0.5) is 4.39 Å². The molecule has 134 valence electrons. The van der Waals surface area contributed by atoms with Gasteiger partial charge in [-0.1, -0.05) is 5.21 Å². The Kier molecular flexibility index (Phi) is 4.24. The van der Waals surface area contributed by atoms with Gasteiger partial charge in [0.2, 0.25) is 0 Å². The maximum atomic E-state index is 13.0. The number of aryl methyl sites for hydroxylation is 1. The smallest absolute Gasteiger partial charge is 0.276 e. The molecule has 1 aliphatic rings. The second kappa shape index (κ2) is 6.70. The van der Waals surface area contributed by atoms with Crippen molar-refractivity contribution in [1.29, 1.82) is 0 Å². The third-order valence-electron chi connectivity index (χ3n) is 4.78. The molecule has 8 heteroatoms. The Balaban J connectivity index is 1.42. The molecule has 0 bridgehead atoms. The van der Waals surface area contributed by atoms with Crippen LogP contribution in [0.25, 0.3) is 5.69 Å². The van der Waals surface area contributed by atoms with Crippen LogP contribution >= 0.6 is 0 Å². The van der Waals surface area contributed by atoms with Crippen molar-refractivity contribution in [2.75, 3.05) is 13.1 Å². The monoisotopic (exact) mass is 354 g/mol. The molecule has 3 aromatic rings. The number of nitrogens with zero attached hydrogens (tertiary/aromatic N) is 6. The first-order chi connectivity index (χ1) is 12.6. The molecular weight excluding hydrogens is 335 g/mol. The number of rotatable bonds is 3. The summed E-state index contributed by atoms with van der Waals surface area (Å²) in [5.74, 6) is -0.00713. The summed E-state index contributed by atoms with van der Waals surface area (Å²) in [6, 6.07) is 5.89. The Morgan fingerprint density at radius 2 is 1.88 bits per heavy atom. The van der Waals surface area contributed by atoms with Gasteiger partial charge in [0.25, 0.3) is 5.91 Å². The van der Waals surface area contributed by atoms with Crippen molar-refractivity contribution in [3.05, 3.63) is 59.9 Å². The lowest BCUT2D eigenvalue weighted by atomic mass is 9.91. The zero-order valence-corrected chi connectivity index (χ0v) is 14.4. The third-order valence-corrected chi connectivity index (χ3v) is 4.78. The zero-order chi connectivity index (χ0) is 18.1. The molecule has 26 heavy (non-hydrogen) atoms. The molecule has 1 fully saturated rings. The zero-order valence-electron chi connectivity index (χ0n) is 14.4. The van der Waals surface area contributed by atoms with Crippen molar-refractivity contribution >= 4 is 5.91 Å². The molecule has 2 aromatic heterocycles. The summed E-state index contributed by atoms with van der Waals surface area (Å²) in [6.45, 7) is 1.36. The molecule has 0 aliphatic carbocycles. The van der Waals surface area contributed by atoms with Crippen molar-refractivity contribution in [1.82, 2.24) is 29.7 Å². The highest BCUT2D eigenvalue weighted by Crippen LogP contribution is 2.28. The quantitative estimate of drug-likeness (QED) is 0.723. The molecule has 1 aliphatic heterocycles. The van der Waals surface area contributed by atoms with E-state index in [2.05, 4.69) is 15.4 Å². The number of benzene rings is 1. The van der Waals surface area contributed by atoms with E-state index >= 15 is 0 Å². The number of likely N-dealkylation sites (tertiary alicyclic amines) is 1. The van der Waals surface area contributed by atoms with Gasteiger partial charge in [0, 0.05) is 26.3 Å². The molecule has 1 amide bonds. The summed E-state index contributed by atoms with van der Waals surface area (Å²) >= 11 is 0. The van der Waals surface area contributed by atoms with Gasteiger partial charge >= 0.3 is 0 Å². The third kappa shape index (κ3) is 3.22. The Morgan fingerprint density at radius 1 is 1.15 bits per heavy atom. The van der Waals surface area contributed by atoms with Crippen LogP contribution in [0.1, 0.15) is 34.8 Å². The molecule has 1 aromatic carbocycles. The van der Waals surface area contributed by atoms with Crippen LogP contribution in [0.2, 0.25) is 0 Å². The van der Waals surface area contributed by atoms with Gasteiger partial charge in [0.05, 0.1) is 18.1 Å². The van der Waals surface area contributed by atoms with E-state index in [4.69, 9.17) is 0 Å². The summed E-state index contributed by atoms with van der Waals surface area (Å²) in [7, 11) is 1.91. The first-order valence-electron chi connectivity index (χ1n) is 8.56. The van der Waals surface area contributed by atoms with Crippen LogP contribution < -0.4 is 0 Å². The van der Waals surface area contributed by atoms with Gasteiger partial charge in [-0.05, 0) is 48.6 Å². The molecule has 0 atom stereocenters. The van der Waals surface area contributed by atoms with E-state index in [9.17, 15) is 9.18 Å². The largest absolute Gasteiger partial charge is 0.337 e. The molecule has 0 N–H and O–H groups in total. The molecule has 4 rings (SSSR count). The average molecular weight is 354 g/mol. The molecule has 7 nitrogen and oxygen atoms in total. The van der Waals surface area contributed by atoms with Gasteiger partial charge in [0.15, 0.2) is 5.69 Å². The highest BCUT2D eigenvalue weighted by atomic mass is 19.1. The topological polar surface area (TPSA) is 68.8 Å². The minimum absolute atomic E-state index is 0.122. The fourth-order valence-corrected chi connectivity index (χ4v) is 3.31. The number of halogens is 1. The van der Waals surface area contributed by atoms with E-state index in [1.807, 2.05) is 24.3 Å². The average Bonchev–Trinajstić information content (AvgIpc) is 3.31. The fourth-order valence-electron chi connectivity index (χ4n) is 3.31. The predicted octanol–water partition coefficient (Wildman–Crippen LogP) is 2.16. The van der Waals surface area contributed by atoms with Crippen LogP contribution in [-0.2, 0) is 7.05 Å². The number of hydrogen-bond acceptors (Lipinski definition) is 4. The Hall–Kier alpha value is -3.03. The van der Waals surface area contributed by atoms with Crippen LogP contribution in [0.3, 0.4) is 0 Å². The maximum absolute atomic E-state index is 13.0. The van der Waals surface area contributed by atoms with Gasteiger partial charge in [-0.15, -0.1) is 5.10 Å². The van der Waals surface area contributed by atoms with Crippen molar-refractivity contribution in [3.8, 4) is 5.69 Å². The van der Waals surface area contributed by atoms with Crippen molar-refractivity contribution in [2.45, 2.75) is 18.8 Å². The highest BCUT2D eigenvalue weighted by Gasteiger charge is 2.26. The summed E-state index contributed by atoms with van der Waals surface area (Å²) in [5.41, 5.74) is 2.18. The van der Waals surface area contributed by atoms with Crippen LogP contribution in [0.15, 0.2) is 42.9 Å². The fraction of sp³-hybridized carbons (Fsp3) is 0.333. The van der Waals surface area contributed by atoms with E-state index < -0.39 is 0 Å². The number of amides is 1. The van der Waals surface area contributed by atoms with Gasteiger partial charge in [-0.3, -0.25) is 9.48 Å². The summed E-state index contributed by atoms with van der Waals surface area (Å²) in [5, 5.41) is 12.2. The highest BCUT2D eigenvalue weighted by molar-refractivity contribution is 5.92. The molecule has 0 spiro atoms. The lowest BCUT2D eigenvalue weighted by Crippen LogP contribution is -2.38. The standard InChI is InChI=1S/C18H19FN6O/c1-23-11-14(10-20-23)13-6-8-24(9-7-13)18(26)17-12-25(22-21-17)16-4-2-15(19)3-5-16/h2-5,10-13H,6-9H2,1H3. The van der Waals surface area contributed by atoms with Gasteiger partial charge in [-0.2, -0.15) is 5.10 Å². The summed E-state index contributed by atoms with van der Waals surface area (Å²) < 4.78 is 16.3. The van der Waals surface area contributed by atoms with E-state index in [1.54, 1.807) is 23.0 Å². The SMILES string of the molecule is Cn1cc(C2CCN(C(=O)c3cn(-c4ccc(F)cc4)nn3)CC2)cn1. The van der Waals surface area contributed by atoms with Crippen LogP contribution in [0, 0.1) is 5.82 Å². The number of aromatic nitrogens is 5. The molecule has 3 heterocycles. The number of carbonyl (C=O) groups excluding carboxylic acids is 1. The lowest BCUT2D eigenvalue weighted by molar-refractivity contribution is 0.0707. The molecule has 0 saturated carbocycles. The minimum atomic E-state index is -0.318. The minimum Gasteiger partial charge on any atom is -0.337 e. The van der Waals surface area contributed by atoms with Crippen LogP contribution in [0.5, 0.6) is 0 Å². The number of carbonyl (C=O) groups is 1. The van der Waals surface area contributed by atoms with Gasteiger partial charge in [0.1, 0.15) is 5.82 Å². The molecule has 0 unspecified atom stereocenters. The van der Waals surface area contributed by atoms with Crippen molar-refractivity contribution in [3.63, 3.8) is 0 Å². The maximum Gasteiger partial charge on any atom is 0.276 e. The second-order valence-electron chi connectivity index (χ2n) is 6.54. The van der Waals surface area contributed by atoms with Crippen molar-refractivity contribution in [2.24, 2.45) is 7.05 Å². The van der Waals surface area contributed by atoms with E-state index in [0.29, 0.717) is 30.4 Å². The number of hydrogen-bond donors (Lipinski definition) is 0. The van der Waals surface area contributed by atoms with Gasteiger partial charge < -0.3 is 4.90 Å².